The summed E-state index contributed by atoms with van der Waals surface area (Å²) in [5, 5.41) is 12.2. The highest BCUT2D eigenvalue weighted by Gasteiger charge is 2.41. The number of nitrogens with one attached hydrogen (secondary N) is 1. The normalized spacial score (nSPS) is 29.9. The first-order valence-corrected chi connectivity index (χ1v) is 6.90. The van der Waals surface area contributed by atoms with E-state index in [0.717, 1.165) is 19.3 Å². The quantitative estimate of drug-likeness (QED) is 0.673. The van der Waals surface area contributed by atoms with Crippen molar-refractivity contribution in [2.75, 3.05) is 19.8 Å². The van der Waals surface area contributed by atoms with Crippen LogP contribution in [0.5, 0.6) is 0 Å². The van der Waals surface area contributed by atoms with E-state index in [1.54, 1.807) is 0 Å². The number of carboxylic acid groups (broad SMARTS) is 1. The van der Waals surface area contributed by atoms with Gasteiger partial charge in [0.15, 0.2) is 0 Å². The largest absolute Gasteiger partial charge is 0.481 e. The van der Waals surface area contributed by atoms with Gasteiger partial charge in [-0.05, 0) is 12.8 Å². The lowest BCUT2D eigenvalue weighted by molar-refractivity contribution is -0.151. The molecule has 1 heterocycles. The molecule has 1 saturated heterocycles. The second kappa shape index (κ2) is 5.88. The Morgan fingerprint density at radius 1 is 1.26 bits per heavy atom. The van der Waals surface area contributed by atoms with Crippen LogP contribution in [0.2, 0.25) is 0 Å². The summed E-state index contributed by atoms with van der Waals surface area (Å²) in [4.78, 5) is 23.5. The molecule has 2 atom stereocenters. The molecule has 6 nitrogen and oxygen atoms in total. The topological polar surface area (TPSA) is 102 Å². The zero-order chi connectivity index (χ0) is 13.9. The SMILES string of the molecule is NC1COCC1C(=O)NCC1(C(=O)O)CCCCC1. The van der Waals surface area contributed by atoms with E-state index in [0.29, 0.717) is 26.1 Å². The fourth-order valence-electron chi connectivity index (χ4n) is 2.92. The van der Waals surface area contributed by atoms with Gasteiger partial charge >= 0.3 is 5.97 Å². The number of amides is 1. The van der Waals surface area contributed by atoms with Gasteiger partial charge in [0, 0.05) is 12.6 Å². The van der Waals surface area contributed by atoms with Gasteiger partial charge in [0.2, 0.25) is 5.91 Å². The summed E-state index contributed by atoms with van der Waals surface area (Å²) in [6.45, 7) is 0.916. The third kappa shape index (κ3) is 3.06. The van der Waals surface area contributed by atoms with Crippen molar-refractivity contribution in [2.45, 2.75) is 38.1 Å². The fraction of sp³-hybridized carbons (Fsp3) is 0.846. The van der Waals surface area contributed by atoms with Gasteiger partial charge in [-0.1, -0.05) is 19.3 Å². The van der Waals surface area contributed by atoms with Crippen LogP contribution in [0.1, 0.15) is 32.1 Å². The van der Waals surface area contributed by atoms with Crippen LogP contribution >= 0.6 is 0 Å². The Labute approximate surface area is 112 Å². The van der Waals surface area contributed by atoms with E-state index < -0.39 is 11.4 Å². The maximum atomic E-state index is 12.0. The van der Waals surface area contributed by atoms with E-state index in [2.05, 4.69) is 5.32 Å². The van der Waals surface area contributed by atoms with Gasteiger partial charge in [-0.15, -0.1) is 0 Å². The fourth-order valence-corrected chi connectivity index (χ4v) is 2.92. The zero-order valence-electron chi connectivity index (χ0n) is 11.1. The van der Waals surface area contributed by atoms with Crippen LogP contribution in [0.25, 0.3) is 0 Å². The first kappa shape index (κ1) is 14.3. The van der Waals surface area contributed by atoms with Crippen LogP contribution in [0.3, 0.4) is 0 Å². The van der Waals surface area contributed by atoms with Crippen LogP contribution < -0.4 is 11.1 Å². The molecule has 0 aromatic heterocycles. The molecule has 4 N–H and O–H groups in total. The Bertz CT molecular complexity index is 353. The van der Waals surface area contributed by atoms with E-state index in [1.165, 1.54) is 0 Å². The van der Waals surface area contributed by atoms with Crippen molar-refractivity contribution in [2.24, 2.45) is 17.1 Å². The molecule has 0 bridgehead atoms. The Morgan fingerprint density at radius 2 is 1.95 bits per heavy atom. The molecule has 2 aliphatic rings. The molecular weight excluding hydrogens is 248 g/mol. The third-order valence-corrected chi connectivity index (χ3v) is 4.33. The Hall–Kier alpha value is -1.14. The molecule has 2 fully saturated rings. The molecule has 2 rings (SSSR count). The van der Waals surface area contributed by atoms with E-state index in [9.17, 15) is 14.7 Å². The number of rotatable bonds is 4. The third-order valence-electron chi connectivity index (χ3n) is 4.33. The van der Waals surface area contributed by atoms with Crippen molar-refractivity contribution in [3.05, 3.63) is 0 Å². The highest BCUT2D eigenvalue weighted by molar-refractivity contribution is 5.81. The van der Waals surface area contributed by atoms with Gasteiger partial charge in [0.25, 0.3) is 0 Å². The first-order chi connectivity index (χ1) is 9.05. The van der Waals surface area contributed by atoms with Crippen LogP contribution in [0.15, 0.2) is 0 Å². The molecule has 1 aliphatic heterocycles. The summed E-state index contributed by atoms with van der Waals surface area (Å²) in [7, 11) is 0. The van der Waals surface area contributed by atoms with E-state index in [1.807, 2.05) is 0 Å². The van der Waals surface area contributed by atoms with Gasteiger partial charge < -0.3 is 20.9 Å². The van der Waals surface area contributed by atoms with Gasteiger partial charge in [-0.3, -0.25) is 9.59 Å². The van der Waals surface area contributed by atoms with Crippen molar-refractivity contribution < 1.29 is 19.4 Å². The Balaban J connectivity index is 1.91. The summed E-state index contributed by atoms with van der Waals surface area (Å²) in [5.41, 5.74) is 4.99. The zero-order valence-corrected chi connectivity index (χ0v) is 11.1. The van der Waals surface area contributed by atoms with Crippen molar-refractivity contribution in [3.63, 3.8) is 0 Å². The minimum atomic E-state index is -0.806. The highest BCUT2D eigenvalue weighted by atomic mass is 16.5. The lowest BCUT2D eigenvalue weighted by atomic mass is 9.74. The highest BCUT2D eigenvalue weighted by Crippen LogP contribution is 2.36. The number of carbonyl (C=O) groups is 2. The van der Waals surface area contributed by atoms with E-state index in [-0.39, 0.29) is 24.4 Å². The Kier molecular flexibility index (Phi) is 4.42. The minimum Gasteiger partial charge on any atom is -0.481 e. The van der Waals surface area contributed by atoms with Crippen LogP contribution in [0.4, 0.5) is 0 Å². The molecule has 108 valence electrons. The molecular formula is C13H22N2O4. The molecule has 1 amide bonds. The number of aliphatic carboxylic acids is 1. The second-order valence-electron chi connectivity index (χ2n) is 5.67. The van der Waals surface area contributed by atoms with Crippen LogP contribution in [-0.4, -0.2) is 42.8 Å². The summed E-state index contributed by atoms with van der Waals surface area (Å²) in [6.07, 6.45) is 4.17. The monoisotopic (exact) mass is 270 g/mol. The summed E-state index contributed by atoms with van der Waals surface area (Å²) in [6, 6.07) is -0.285. The van der Waals surface area contributed by atoms with E-state index in [4.69, 9.17) is 10.5 Å². The average molecular weight is 270 g/mol. The Morgan fingerprint density at radius 3 is 2.47 bits per heavy atom. The molecule has 0 aromatic carbocycles. The first-order valence-electron chi connectivity index (χ1n) is 6.90. The van der Waals surface area contributed by atoms with Gasteiger partial charge in [0.05, 0.1) is 24.5 Å². The number of hydrogen-bond donors (Lipinski definition) is 3. The molecule has 1 saturated carbocycles. The van der Waals surface area contributed by atoms with Crippen molar-refractivity contribution in [1.82, 2.24) is 5.32 Å². The van der Waals surface area contributed by atoms with Gasteiger partial charge in [0.1, 0.15) is 0 Å². The van der Waals surface area contributed by atoms with Crippen molar-refractivity contribution in [3.8, 4) is 0 Å². The predicted octanol–water partition coefficient (Wildman–Crippen LogP) is 0.111. The summed E-state index contributed by atoms with van der Waals surface area (Å²) < 4.78 is 5.15. The number of carbonyl (C=O) groups excluding carboxylic acids is 1. The van der Waals surface area contributed by atoms with Gasteiger partial charge in [-0.2, -0.15) is 0 Å². The van der Waals surface area contributed by atoms with Crippen molar-refractivity contribution in [1.29, 1.82) is 0 Å². The van der Waals surface area contributed by atoms with Crippen LogP contribution in [-0.2, 0) is 14.3 Å². The number of ether oxygens (including phenoxy) is 1. The van der Waals surface area contributed by atoms with Crippen molar-refractivity contribution >= 4 is 11.9 Å². The summed E-state index contributed by atoms with van der Waals surface area (Å²) in [5.74, 6) is -1.34. The molecule has 0 spiro atoms. The smallest absolute Gasteiger partial charge is 0.311 e. The predicted molar refractivity (Wildman–Crippen MR) is 68.4 cm³/mol. The average Bonchev–Trinajstić information content (AvgIpc) is 2.83. The lowest BCUT2D eigenvalue weighted by Gasteiger charge is -2.33. The number of nitrogens with two attached hydrogens (primary N) is 1. The number of carboxylic acids is 1. The van der Waals surface area contributed by atoms with Crippen LogP contribution in [0, 0.1) is 11.3 Å². The maximum Gasteiger partial charge on any atom is 0.311 e. The van der Waals surface area contributed by atoms with Gasteiger partial charge in [-0.25, -0.2) is 0 Å². The molecule has 2 unspecified atom stereocenters. The minimum absolute atomic E-state index is 0.184. The van der Waals surface area contributed by atoms with E-state index >= 15 is 0 Å². The maximum absolute atomic E-state index is 12.0. The lowest BCUT2D eigenvalue weighted by Crippen LogP contribution is -2.48. The molecule has 0 aromatic rings. The number of hydrogen-bond acceptors (Lipinski definition) is 4. The molecule has 6 heteroatoms. The summed E-state index contributed by atoms with van der Waals surface area (Å²) >= 11 is 0. The standard InChI is InChI=1S/C13H22N2O4/c14-10-7-19-6-9(10)11(16)15-8-13(12(17)18)4-2-1-3-5-13/h9-10H,1-8,14H2,(H,15,16)(H,17,18). The second-order valence-corrected chi connectivity index (χ2v) is 5.67. The molecule has 19 heavy (non-hydrogen) atoms. The molecule has 1 aliphatic carbocycles. The molecule has 0 radical (unpaired) electrons.